The van der Waals surface area contributed by atoms with E-state index in [4.69, 9.17) is 0 Å². The van der Waals surface area contributed by atoms with Gasteiger partial charge in [-0.2, -0.15) is 8.78 Å². The van der Waals surface area contributed by atoms with Crippen LogP contribution in [-0.2, 0) is 4.79 Å². The summed E-state index contributed by atoms with van der Waals surface area (Å²) in [6, 6.07) is 6.63. The van der Waals surface area contributed by atoms with Gasteiger partial charge in [-0.25, -0.2) is 0 Å². The zero-order chi connectivity index (χ0) is 13.7. The Morgan fingerprint density at radius 1 is 1.42 bits per heavy atom. The Labute approximate surface area is 115 Å². The fourth-order valence-corrected chi connectivity index (χ4v) is 2.67. The van der Waals surface area contributed by atoms with E-state index in [9.17, 15) is 13.6 Å². The van der Waals surface area contributed by atoms with E-state index in [2.05, 4.69) is 11.4 Å². The third kappa shape index (κ3) is 4.35. The van der Waals surface area contributed by atoms with Crippen molar-refractivity contribution in [1.82, 2.24) is 0 Å². The molecule has 1 N–H and O–H groups in total. The van der Waals surface area contributed by atoms with Crippen LogP contribution in [-0.4, -0.2) is 11.7 Å². The normalized spacial score (nSPS) is 17.9. The van der Waals surface area contributed by atoms with Crippen molar-refractivity contribution >= 4 is 23.4 Å². The van der Waals surface area contributed by atoms with Crippen molar-refractivity contribution in [2.45, 2.75) is 29.9 Å². The Balaban J connectivity index is 1.97. The lowest BCUT2D eigenvalue weighted by Gasteiger charge is -2.12. The Morgan fingerprint density at radius 3 is 2.89 bits per heavy atom. The summed E-state index contributed by atoms with van der Waals surface area (Å²) in [5.74, 6) is -2.34. The molecule has 19 heavy (non-hydrogen) atoms. The summed E-state index contributed by atoms with van der Waals surface area (Å²) in [5, 5.41) is 2.72. The Bertz CT molecular complexity index is 476. The van der Waals surface area contributed by atoms with Gasteiger partial charge in [0.25, 0.3) is 5.76 Å². The minimum Gasteiger partial charge on any atom is -0.325 e. The first-order chi connectivity index (χ1) is 9.15. The van der Waals surface area contributed by atoms with E-state index in [1.54, 1.807) is 24.3 Å². The molecule has 0 radical (unpaired) electrons. The maximum absolute atomic E-state index is 12.4. The number of amides is 1. The number of benzene rings is 1. The van der Waals surface area contributed by atoms with Gasteiger partial charge in [-0.1, -0.05) is 36.0 Å². The number of hydrogen-bond donors (Lipinski definition) is 1. The van der Waals surface area contributed by atoms with Gasteiger partial charge in [0.1, 0.15) is 0 Å². The molecule has 1 aromatic carbocycles. The standard InChI is InChI=1S/C14H15F2NOS/c15-14(16)19-12-8-4-3-7-11(12)17-13(18)9-10-5-1-2-6-10/h1,3-5,7-8,10,14H,2,6,9H2,(H,17,18). The molecular weight excluding hydrogens is 268 g/mol. The molecule has 102 valence electrons. The molecule has 0 heterocycles. The van der Waals surface area contributed by atoms with E-state index in [1.807, 2.05) is 6.08 Å². The van der Waals surface area contributed by atoms with Crippen molar-refractivity contribution in [3.05, 3.63) is 36.4 Å². The van der Waals surface area contributed by atoms with Gasteiger partial charge in [-0.05, 0) is 30.9 Å². The van der Waals surface area contributed by atoms with E-state index in [1.165, 1.54) is 0 Å². The summed E-state index contributed by atoms with van der Waals surface area (Å²) in [6.45, 7) is 0. The lowest BCUT2D eigenvalue weighted by atomic mass is 10.1. The van der Waals surface area contributed by atoms with E-state index >= 15 is 0 Å². The van der Waals surface area contributed by atoms with Crippen molar-refractivity contribution < 1.29 is 13.6 Å². The summed E-state index contributed by atoms with van der Waals surface area (Å²) in [4.78, 5) is 12.3. The van der Waals surface area contributed by atoms with E-state index in [0.29, 0.717) is 28.8 Å². The smallest absolute Gasteiger partial charge is 0.288 e. The van der Waals surface area contributed by atoms with Gasteiger partial charge in [0, 0.05) is 11.3 Å². The number of allylic oxidation sites excluding steroid dienone is 2. The van der Waals surface area contributed by atoms with Crippen molar-refractivity contribution in [2.24, 2.45) is 5.92 Å². The molecule has 2 rings (SSSR count). The van der Waals surface area contributed by atoms with Crippen LogP contribution in [0, 0.1) is 5.92 Å². The van der Waals surface area contributed by atoms with Crippen LogP contribution in [0.2, 0.25) is 0 Å². The van der Waals surface area contributed by atoms with Gasteiger partial charge in [0.2, 0.25) is 5.91 Å². The number of hydrogen-bond acceptors (Lipinski definition) is 2. The van der Waals surface area contributed by atoms with Crippen LogP contribution in [0.25, 0.3) is 0 Å². The molecule has 1 amide bonds. The second kappa shape index (κ2) is 6.70. The number of carbonyl (C=O) groups excluding carboxylic acids is 1. The van der Waals surface area contributed by atoms with Crippen molar-refractivity contribution in [3.8, 4) is 0 Å². The molecule has 0 saturated carbocycles. The summed E-state index contributed by atoms with van der Waals surface area (Å²) < 4.78 is 24.8. The maximum Gasteiger partial charge on any atom is 0.288 e. The lowest BCUT2D eigenvalue weighted by molar-refractivity contribution is -0.116. The monoisotopic (exact) mass is 283 g/mol. The number of carbonyl (C=O) groups is 1. The highest BCUT2D eigenvalue weighted by Gasteiger charge is 2.16. The fraction of sp³-hybridized carbons (Fsp3) is 0.357. The molecule has 0 spiro atoms. The van der Waals surface area contributed by atoms with Crippen LogP contribution in [0.4, 0.5) is 14.5 Å². The number of alkyl halides is 2. The average molecular weight is 283 g/mol. The molecule has 0 aromatic heterocycles. The SMILES string of the molecule is O=C(CC1C=CCC1)Nc1ccccc1SC(F)F. The van der Waals surface area contributed by atoms with Gasteiger partial charge in [0.15, 0.2) is 0 Å². The predicted molar refractivity (Wildman–Crippen MR) is 73.4 cm³/mol. The van der Waals surface area contributed by atoms with Gasteiger partial charge >= 0.3 is 0 Å². The number of anilines is 1. The second-order valence-corrected chi connectivity index (χ2v) is 5.42. The molecule has 1 unspecified atom stereocenters. The highest BCUT2D eigenvalue weighted by Crippen LogP contribution is 2.32. The first-order valence-corrected chi connectivity index (χ1v) is 7.03. The van der Waals surface area contributed by atoms with Gasteiger partial charge in [-0.15, -0.1) is 0 Å². The van der Waals surface area contributed by atoms with Crippen LogP contribution in [0.15, 0.2) is 41.3 Å². The number of halogens is 2. The van der Waals surface area contributed by atoms with E-state index < -0.39 is 5.76 Å². The lowest BCUT2D eigenvalue weighted by Crippen LogP contribution is -2.15. The van der Waals surface area contributed by atoms with Gasteiger partial charge in [-0.3, -0.25) is 4.79 Å². The molecule has 0 fully saturated rings. The first kappa shape index (κ1) is 14.1. The van der Waals surface area contributed by atoms with Crippen LogP contribution in [0.1, 0.15) is 19.3 Å². The van der Waals surface area contributed by atoms with Gasteiger partial charge in [0.05, 0.1) is 5.69 Å². The largest absolute Gasteiger partial charge is 0.325 e. The van der Waals surface area contributed by atoms with Crippen molar-refractivity contribution in [1.29, 1.82) is 0 Å². The molecule has 0 aliphatic heterocycles. The first-order valence-electron chi connectivity index (χ1n) is 6.15. The second-order valence-electron chi connectivity index (χ2n) is 4.39. The maximum atomic E-state index is 12.4. The molecule has 5 heteroatoms. The summed E-state index contributed by atoms with van der Waals surface area (Å²) in [5.41, 5.74) is 0.458. The van der Waals surface area contributed by atoms with Crippen LogP contribution in [0.5, 0.6) is 0 Å². The summed E-state index contributed by atoms with van der Waals surface area (Å²) in [7, 11) is 0. The molecule has 1 aromatic rings. The highest BCUT2D eigenvalue weighted by molar-refractivity contribution is 7.99. The Kier molecular flexibility index (Phi) is 4.96. The molecule has 1 atom stereocenters. The number of thioether (sulfide) groups is 1. The minimum absolute atomic E-state index is 0.126. The van der Waals surface area contributed by atoms with Gasteiger partial charge < -0.3 is 5.32 Å². The number of para-hydroxylation sites is 1. The van der Waals surface area contributed by atoms with Crippen LogP contribution >= 0.6 is 11.8 Å². The molecule has 0 saturated heterocycles. The number of rotatable bonds is 5. The third-order valence-corrected chi connectivity index (χ3v) is 3.73. The highest BCUT2D eigenvalue weighted by atomic mass is 32.2. The van der Waals surface area contributed by atoms with Crippen molar-refractivity contribution in [3.63, 3.8) is 0 Å². The minimum atomic E-state index is -2.49. The van der Waals surface area contributed by atoms with E-state index in [-0.39, 0.29) is 11.8 Å². The predicted octanol–water partition coefficient (Wildman–Crippen LogP) is 4.30. The third-order valence-electron chi connectivity index (χ3n) is 2.94. The molecule has 1 aliphatic rings. The topological polar surface area (TPSA) is 29.1 Å². The average Bonchev–Trinajstić information content (AvgIpc) is 2.83. The van der Waals surface area contributed by atoms with Crippen LogP contribution in [0.3, 0.4) is 0 Å². The van der Waals surface area contributed by atoms with E-state index in [0.717, 1.165) is 12.8 Å². The summed E-state index contributed by atoms with van der Waals surface area (Å²) in [6.07, 6.45) is 6.51. The van der Waals surface area contributed by atoms with Crippen molar-refractivity contribution in [2.75, 3.05) is 5.32 Å². The molecule has 1 aliphatic carbocycles. The molecule has 0 bridgehead atoms. The van der Waals surface area contributed by atoms with Crippen LogP contribution < -0.4 is 5.32 Å². The Morgan fingerprint density at radius 2 is 2.21 bits per heavy atom. The fourth-order valence-electron chi connectivity index (χ4n) is 2.07. The molecular formula is C14H15F2NOS. The summed E-state index contributed by atoms with van der Waals surface area (Å²) >= 11 is 0.448. The zero-order valence-corrected chi connectivity index (χ0v) is 11.1. The zero-order valence-electron chi connectivity index (χ0n) is 10.3. The Hall–Kier alpha value is -1.36. The number of nitrogens with one attached hydrogen (secondary N) is 1. The quantitative estimate of drug-likeness (QED) is 0.645. The molecule has 2 nitrogen and oxygen atoms in total.